The molecule has 22 heavy (non-hydrogen) atoms. The number of thiophene rings is 1. The van der Waals surface area contributed by atoms with Crippen LogP contribution in [0.4, 0.5) is 0 Å². The second-order valence-electron chi connectivity index (χ2n) is 4.85. The van der Waals surface area contributed by atoms with Gasteiger partial charge in [0.2, 0.25) is 0 Å². The van der Waals surface area contributed by atoms with Crippen LogP contribution >= 0.6 is 11.3 Å². The maximum atomic E-state index is 12.0. The van der Waals surface area contributed by atoms with Crippen LogP contribution in [-0.2, 0) is 9.84 Å². The van der Waals surface area contributed by atoms with Crippen molar-refractivity contribution in [2.24, 2.45) is 0 Å². The first-order valence-electron chi connectivity index (χ1n) is 6.55. The highest BCUT2D eigenvalue weighted by molar-refractivity contribution is 7.90. The first-order valence-corrected chi connectivity index (χ1v) is 9.32. The molecule has 0 aliphatic heterocycles. The first kappa shape index (κ1) is 16.5. The summed E-state index contributed by atoms with van der Waals surface area (Å²) in [6, 6.07) is 8.11. The average molecular weight is 339 g/mol. The van der Waals surface area contributed by atoms with Crippen molar-refractivity contribution in [3.8, 4) is 5.75 Å². The van der Waals surface area contributed by atoms with E-state index in [1.54, 1.807) is 18.2 Å². The predicted molar refractivity (Wildman–Crippen MR) is 86.3 cm³/mol. The van der Waals surface area contributed by atoms with Gasteiger partial charge in [-0.2, -0.15) is 0 Å². The molecule has 2 aromatic rings. The van der Waals surface area contributed by atoms with Crippen LogP contribution in [0.3, 0.4) is 0 Å². The zero-order valence-corrected chi connectivity index (χ0v) is 14.1. The van der Waals surface area contributed by atoms with Crippen molar-refractivity contribution in [1.82, 2.24) is 5.32 Å². The van der Waals surface area contributed by atoms with Crippen LogP contribution < -0.4 is 10.1 Å². The molecule has 5 nitrogen and oxygen atoms in total. The number of amides is 1. The number of ether oxygens (including phenoxy) is 1. The van der Waals surface area contributed by atoms with Crippen LogP contribution in [0, 0.1) is 0 Å². The fourth-order valence-electron chi connectivity index (χ4n) is 2.02. The Morgan fingerprint density at radius 3 is 2.59 bits per heavy atom. The molecule has 0 spiro atoms. The summed E-state index contributed by atoms with van der Waals surface area (Å²) in [5, 5.41) is 4.71. The van der Waals surface area contributed by atoms with Gasteiger partial charge in [0.1, 0.15) is 10.6 Å². The second kappa shape index (κ2) is 6.50. The van der Waals surface area contributed by atoms with Gasteiger partial charge in [-0.15, -0.1) is 11.3 Å². The van der Waals surface area contributed by atoms with Gasteiger partial charge >= 0.3 is 0 Å². The van der Waals surface area contributed by atoms with Crippen molar-refractivity contribution in [2.45, 2.75) is 17.9 Å². The molecular weight excluding hydrogens is 322 g/mol. The van der Waals surface area contributed by atoms with Crippen LogP contribution in [-0.4, -0.2) is 27.7 Å². The molecule has 1 aromatic heterocycles. The molecular formula is C15H17NO4S2. The highest BCUT2D eigenvalue weighted by atomic mass is 32.2. The number of hydrogen-bond acceptors (Lipinski definition) is 5. The summed E-state index contributed by atoms with van der Waals surface area (Å²) < 4.78 is 28.5. The maximum absolute atomic E-state index is 12.0. The number of benzene rings is 1. The van der Waals surface area contributed by atoms with Crippen LogP contribution in [0.2, 0.25) is 0 Å². The Morgan fingerprint density at radius 1 is 1.32 bits per heavy atom. The molecule has 0 aliphatic carbocycles. The largest absolute Gasteiger partial charge is 0.495 e. The summed E-state index contributed by atoms with van der Waals surface area (Å²) in [5.74, 6) is 0.117. The Balaban J connectivity index is 2.24. The quantitative estimate of drug-likeness (QED) is 0.909. The van der Waals surface area contributed by atoms with Gasteiger partial charge in [-0.1, -0.05) is 12.1 Å². The van der Waals surface area contributed by atoms with E-state index in [1.165, 1.54) is 24.5 Å². The molecule has 118 valence electrons. The standard InChI is InChI=1S/C15H17NO4S2/c1-10(16-15(17)13-5-4-8-21-13)11-6-7-14(22(3,18)19)12(9-11)20-2/h4-10H,1-3H3,(H,16,17). The second-order valence-corrected chi connectivity index (χ2v) is 7.79. The Hall–Kier alpha value is -1.86. The van der Waals surface area contributed by atoms with Crippen molar-refractivity contribution < 1.29 is 17.9 Å². The fraction of sp³-hybridized carbons (Fsp3) is 0.267. The van der Waals surface area contributed by atoms with Crippen LogP contribution in [0.1, 0.15) is 28.2 Å². The van der Waals surface area contributed by atoms with E-state index in [9.17, 15) is 13.2 Å². The van der Waals surface area contributed by atoms with Gasteiger partial charge in [0.25, 0.3) is 5.91 Å². The van der Waals surface area contributed by atoms with E-state index in [4.69, 9.17) is 4.74 Å². The van der Waals surface area contributed by atoms with Crippen molar-refractivity contribution in [2.75, 3.05) is 13.4 Å². The third-order valence-electron chi connectivity index (χ3n) is 3.18. The molecule has 0 saturated heterocycles. The first-order chi connectivity index (χ1) is 10.3. The van der Waals surface area contributed by atoms with E-state index in [-0.39, 0.29) is 22.6 Å². The fourth-order valence-corrected chi connectivity index (χ4v) is 3.47. The van der Waals surface area contributed by atoms with Gasteiger partial charge < -0.3 is 10.1 Å². The van der Waals surface area contributed by atoms with E-state index in [0.29, 0.717) is 4.88 Å². The minimum Gasteiger partial charge on any atom is -0.495 e. The van der Waals surface area contributed by atoms with Crippen molar-refractivity contribution >= 4 is 27.1 Å². The van der Waals surface area contributed by atoms with E-state index in [0.717, 1.165) is 11.8 Å². The molecule has 0 saturated carbocycles. The molecule has 2 rings (SSSR count). The van der Waals surface area contributed by atoms with Crippen LogP contribution in [0.5, 0.6) is 5.75 Å². The molecule has 0 radical (unpaired) electrons. The summed E-state index contributed by atoms with van der Waals surface area (Å²) in [5.41, 5.74) is 0.772. The number of carbonyl (C=O) groups is 1. The average Bonchev–Trinajstić information content (AvgIpc) is 2.99. The Morgan fingerprint density at radius 2 is 2.05 bits per heavy atom. The number of sulfone groups is 1. The van der Waals surface area contributed by atoms with Crippen molar-refractivity contribution in [1.29, 1.82) is 0 Å². The number of carbonyl (C=O) groups excluding carboxylic acids is 1. The molecule has 1 atom stereocenters. The van der Waals surface area contributed by atoms with Crippen LogP contribution in [0.15, 0.2) is 40.6 Å². The minimum atomic E-state index is -3.36. The smallest absolute Gasteiger partial charge is 0.261 e. The summed E-state index contributed by atoms with van der Waals surface area (Å²) in [7, 11) is -1.94. The predicted octanol–water partition coefficient (Wildman–Crippen LogP) is 2.65. The summed E-state index contributed by atoms with van der Waals surface area (Å²) >= 11 is 1.37. The normalized spacial score (nSPS) is 12.7. The van der Waals surface area contributed by atoms with Gasteiger partial charge in [-0.25, -0.2) is 8.42 Å². The lowest BCUT2D eigenvalue weighted by Gasteiger charge is -2.16. The van der Waals surface area contributed by atoms with E-state index < -0.39 is 9.84 Å². The van der Waals surface area contributed by atoms with Gasteiger partial charge in [0.05, 0.1) is 18.0 Å². The van der Waals surface area contributed by atoms with E-state index in [2.05, 4.69) is 5.32 Å². The molecule has 1 unspecified atom stereocenters. The third kappa shape index (κ3) is 3.66. The molecule has 1 amide bonds. The minimum absolute atomic E-state index is 0.135. The summed E-state index contributed by atoms with van der Waals surface area (Å²) in [4.78, 5) is 12.8. The van der Waals surface area contributed by atoms with Crippen molar-refractivity contribution in [3.63, 3.8) is 0 Å². The van der Waals surface area contributed by atoms with Gasteiger partial charge in [-0.3, -0.25) is 4.79 Å². The lowest BCUT2D eigenvalue weighted by atomic mass is 10.1. The molecule has 1 N–H and O–H groups in total. The summed E-state index contributed by atoms with van der Waals surface area (Å²) in [6.07, 6.45) is 1.13. The van der Waals surface area contributed by atoms with E-state index in [1.807, 2.05) is 18.4 Å². The highest BCUT2D eigenvalue weighted by Gasteiger charge is 2.18. The Bertz CT molecular complexity index is 767. The molecule has 1 aromatic carbocycles. The van der Waals surface area contributed by atoms with E-state index >= 15 is 0 Å². The Labute approximate surface area is 133 Å². The summed E-state index contributed by atoms with van der Waals surface area (Å²) in [6.45, 7) is 1.83. The number of hydrogen-bond donors (Lipinski definition) is 1. The topological polar surface area (TPSA) is 72.5 Å². The zero-order chi connectivity index (χ0) is 16.3. The molecule has 0 bridgehead atoms. The van der Waals surface area contributed by atoms with Crippen molar-refractivity contribution in [3.05, 3.63) is 46.2 Å². The van der Waals surface area contributed by atoms with Gasteiger partial charge in [0, 0.05) is 6.26 Å². The van der Waals surface area contributed by atoms with Gasteiger partial charge in [-0.05, 0) is 36.1 Å². The van der Waals surface area contributed by atoms with Crippen LogP contribution in [0.25, 0.3) is 0 Å². The Kier molecular flexibility index (Phi) is 4.87. The number of nitrogens with one attached hydrogen (secondary N) is 1. The molecule has 0 fully saturated rings. The number of rotatable bonds is 5. The monoisotopic (exact) mass is 339 g/mol. The number of methoxy groups -OCH3 is 1. The SMILES string of the molecule is COc1cc(C(C)NC(=O)c2cccs2)ccc1S(C)(=O)=O. The van der Waals surface area contributed by atoms with Gasteiger partial charge in [0.15, 0.2) is 9.84 Å². The molecule has 7 heteroatoms. The highest BCUT2D eigenvalue weighted by Crippen LogP contribution is 2.27. The lowest BCUT2D eigenvalue weighted by Crippen LogP contribution is -2.25. The zero-order valence-electron chi connectivity index (χ0n) is 12.5. The lowest BCUT2D eigenvalue weighted by molar-refractivity contribution is 0.0944. The maximum Gasteiger partial charge on any atom is 0.261 e. The third-order valence-corrected chi connectivity index (χ3v) is 5.18. The molecule has 0 aliphatic rings. The molecule has 1 heterocycles.